The molecule has 0 unspecified atom stereocenters. The van der Waals surface area contributed by atoms with Crippen molar-refractivity contribution in [3.63, 3.8) is 0 Å². The summed E-state index contributed by atoms with van der Waals surface area (Å²) >= 11 is 0. The lowest BCUT2D eigenvalue weighted by Gasteiger charge is -2.09. The van der Waals surface area contributed by atoms with Crippen molar-refractivity contribution in [2.75, 3.05) is 7.11 Å². The maximum atomic E-state index is 12.5. The van der Waals surface area contributed by atoms with Gasteiger partial charge in [0.15, 0.2) is 0 Å². The molecule has 0 aromatic heterocycles. The van der Waals surface area contributed by atoms with Crippen LogP contribution in [-0.4, -0.2) is 12.0 Å². The van der Waals surface area contributed by atoms with Gasteiger partial charge in [0.2, 0.25) is 0 Å². The summed E-state index contributed by atoms with van der Waals surface area (Å²) in [6.45, 7) is 0. The van der Waals surface area contributed by atoms with Gasteiger partial charge in [-0.2, -0.15) is 13.2 Å². The highest BCUT2D eigenvalue weighted by Crippen LogP contribution is 2.33. The van der Waals surface area contributed by atoms with Crippen molar-refractivity contribution >= 4 is 5.69 Å². The van der Waals surface area contributed by atoms with Crippen LogP contribution in [0.1, 0.15) is 5.56 Å². The summed E-state index contributed by atoms with van der Waals surface area (Å²) in [7, 11) is 1.36. The van der Waals surface area contributed by atoms with Crippen LogP contribution in [0.5, 0.6) is 5.75 Å². The molecule has 0 saturated carbocycles. The number of hydrogen-bond acceptors (Lipinski definition) is 3. The van der Waals surface area contributed by atoms with Crippen LogP contribution in [0.3, 0.4) is 0 Å². The molecule has 0 bridgehead atoms. The zero-order chi connectivity index (χ0) is 15.6. The number of non-ortho nitro benzene ring substituents is 1. The van der Waals surface area contributed by atoms with E-state index in [4.69, 9.17) is 4.74 Å². The topological polar surface area (TPSA) is 52.4 Å². The van der Waals surface area contributed by atoms with Gasteiger partial charge in [-0.1, -0.05) is 12.1 Å². The first-order chi connectivity index (χ1) is 9.81. The molecule has 0 radical (unpaired) electrons. The molecule has 0 aliphatic carbocycles. The van der Waals surface area contributed by atoms with Crippen molar-refractivity contribution in [2.45, 2.75) is 6.18 Å². The molecular weight excluding hydrogens is 287 g/mol. The predicted octanol–water partition coefficient (Wildman–Crippen LogP) is 4.29. The number of nitro benzene ring substituents is 1. The Labute approximate surface area is 117 Å². The van der Waals surface area contributed by atoms with Gasteiger partial charge in [0.1, 0.15) is 5.75 Å². The third-order valence-corrected chi connectivity index (χ3v) is 2.88. The van der Waals surface area contributed by atoms with Crippen LogP contribution in [0.4, 0.5) is 18.9 Å². The highest BCUT2D eigenvalue weighted by molar-refractivity contribution is 5.68. The van der Waals surface area contributed by atoms with Gasteiger partial charge < -0.3 is 4.74 Å². The molecule has 0 N–H and O–H groups in total. The number of ether oxygens (including phenoxy) is 1. The molecule has 0 spiro atoms. The van der Waals surface area contributed by atoms with Gasteiger partial charge in [-0.15, -0.1) is 0 Å². The van der Waals surface area contributed by atoms with E-state index < -0.39 is 16.7 Å². The second-order valence-corrected chi connectivity index (χ2v) is 4.25. The number of nitro groups is 1. The third kappa shape index (κ3) is 3.31. The quantitative estimate of drug-likeness (QED) is 0.627. The first-order valence-corrected chi connectivity index (χ1v) is 5.82. The van der Waals surface area contributed by atoms with E-state index in [2.05, 4.69) is 0 Å². The minimum absolute atomic E-state index is 0.191. The SMILES string of the molecule is COc1cc(-c2ccc(C(F)(F)F)cc2)cc([N+](=O)[O-])c1. The molecule has 0 heterocycles. The van der Waals surface area contributed by atoms with E-state index in [1.54, 1.807) is 0 Å². The van der Waals surface area contributed by atoms with Crippen LogP contribution in [0.2, 0.25) is 0 Å². The third-order valence-electron chi connectivity index (χ3n) is 2.88. The molecule has 110 valence electrons. The minimum Gasteiger partial charge on any atom is -0.496 e. The number of methoxy groups -OCH3 is 1. The van der Waals surface area contributed by atoms with Crippen LogP contribution >= 0.6 is 0 Å². The molecule has 21 heavy (non-hydrogen) atoms. The Morgan fingerprint density at radius 2 is 1.67 bits per heavy atom. The maximum absolute atomic E-state index is 12.5. The molecular formula is C14H10F3NO3. The molecule has 0 saturated heterocycles. The highest BCUT2D eigenvalue weighted by atomic mass is 19.4. The molecule has 0 atom stereocenters. The summed E-state index contributed by atoms with van der Waals surface area (Å²) in [4.78, 5) is 10.3. The summed E-state index contributed by atoms with van der Waals surface area (Å²) in [5.41, 5.74) is -0.118. The van der Waals surface area contributed by atoms with Crippen molar-refractivity contribution in [3.8, 4) is 16.9 Å². The smallest absolute Gasteiger partial charge is 0.416 e. The zero-order valence-corrected chi connectivity index (χ0v) is 10.8. The number of nitrogens with zero attached hydrogens (tertiary/aromatic N) is 1. The lowest BCUT2D eigenvalue weighted by atomic mass is 10.0. The van der Waals surface area contributed by atoms with E-state index in [9.17, 15) is 23.3 Å². The van der Waals surface area contributed by atoms with Gasteiger partial charge in [0.05, 0.1) is 23.7 Å². The van der Waals surface area contributed by atoms with E-state index >= 15 is 0 Å². The fourth-order valence-corrected chi connectivity index (χ4v) is 1.82. The van der Waals surface area contributed by atoms with Crippen LogP contribution in [0, 0.1) is 10.1 Å². The molecule has 4 nitrogen and oxygen atoms in total. The van der Waals surface area contributed by atoms with E-state index in [1.807, 2.05) is 0 Å². The second-order valence-electron chi connectivity index (χ2n) is 4.25. The van der Waals surface area contributed by atoms with Crippen molar-refractivity contribution in [3.05, 3.63) is 58.1 Å². The van der Waals surface area contributed by atoms with Gasteiger partial charge >= 0.3 is 6.18 Å². The molecule has 0 aliphatic heterocycles. The van der Waals surface area contributed by atoms with Crippen molar-refractivity contribution in [1.29, 1.82) is 0 Å². The van der Waals surface area contributed by atoms with Crippen LogP contribution in [0.25, 0.3) is 11.1 Å². The summed E-state index contributed by atoms with van der Waals surface area (Å²) in [5, 5.41) is 10.8. The fraction of sp³-hybridized carbons (Fsp3) is 0.143. The summed E-state index contributed by atoms with van der Waals surface area (Å²) < 4.78 is 42.5. The van der Waals surface area contributed by atoms with Gasteiger partial charge in [0.25, 0.3) is 5.69 Å². The van der Waals surface area contributed by atoms with Crippen LogP contribution < -0.4 is 4.74 Å². The standard InChI is InChI=1S/C14H10F3NO3/c1-21-13-7-10(6-12(8-13)18(19)20)9-2-4-11(5-3-9)14(15,16)17/h2-8H,1H3. The lowest BCUT2D eigenvalue weighted by molar-refractivity contribution is -0.384. The average Bonchev–Trinajstić information content (AvgIpc) is 2.46. The molecule has 7 heteroatoms. The van der Waals surface area contributed by atoms with Crippen molar-refractivity contribution in [2.24, 2.45) is 0 Å². The number of alkyl halides is 3. The summed E-state index contributed by atoms with van der Waals surface area (Å²) in [5.74, 6) is 0.263. The van der Waals surface area contributed by atoms with Gasteiger partial charge in [-0.3, -0.25) is 10.1 Å². The van der Waals surface area contributed by atoms with Crippen LogP contribution in [-0.2, 0) is 6.18 Å². The Balaban J connectivity index is 2.46. The Morgan fingerprint density at radius 1 is 1.05 bits per heavy atom. The van der Waals surface area contributed by atoms with E-state index in [1.165, 1.54) is 37.4 Å². The molecule has 2 aromatic carbocycles. The molecule has 0 aliphatic rings. The van der Waals surface area contributed by atoms with E-state index in [0.717, 1.165) is 12.1 Å². The number of hydrogen-bond donors (Lipinski definition) is 0. The largest absolute Gasteiger partial charge is 0.496 e. The Morgan fingerprint density at radius 3 is 2.14 bits per heavy atom. The molecule has 0 amide bonds. The number of rotatable bonds is 3. The van der Waals surface area contributed by atoms with E-state index in [-0.39, 0.29) is 11.4 Å². The second kappa shape index (κ2) is 5.43. The average molecular weight is 297 g/mol. The molecule has 0 fully saturated rings. The molecule has 2 rings (SSSR count). The zero-order valence-electron chi connectivity index (χ0n) is 10.8. The normalized spacial score (nSPS) is 11.2. The monoisotopic (exact) mass is 297 g/mol. The number of benzene rings is 2. The summed E-state index contributed by atoms with van der Waals surface area (Å²) in [6.07, 6.45) is -4.42. The van der Waals surface area contributed by atoms with Crippen molar-refractivity contribution in [1.82, 2.24) is 0 Å². The lowest BCUT2D eigenvalue weighted by Crippen LogP contribution is -2.04. The van der Waals surface area contributed by atoms with Crippen LogP contribution in [0.15, 0.2) is 42.5 Å². The Kier molecular flexibility index (Phi) is 3.84. The van der Waals surface area contributed by atoms with Crippen molar-refractivity contribution < 1.29 is 22.8 Å². The van der Waals surface area contributed by atoms with Gasteiger partial charge in [-0.05, 0) is 29.3 Å². The highest BCUT2D eigenvalue weighted by Gasteiger charge is 2.30. The van der Waals surface area contributed by atoms with Gasteiger partial charge in [0, 0.05) is 6.07 Å². The maximum Gasteiger partial charge on any atom is 0.416 e. The summed E-state index contributed by atoms with van der Waals surface area (Å²) in [6, 6.07) is 8.44. The minimum atomic E-state index is -4.42. The predicted molar refractivity (Wildman–Crippen MR) is 70.1 cm³/mol. The first-order valence-electron chi connectivity index (χ1n) is 5.82. The first kappa shape index (κ1) is 14.8. The Hall–Kier alpha value is -2.57. The van der Waals surface area contributed by atoms with E-state index in [0.29, 0.717) is 11.1 Å². The van der Waals surface area contributed by atoms with Gasteiger partial charge in [-0.25, -0.2) is 0 Å². The fourth-order valence-electron chi connectivity index (χ4n) is 1.82. The molecule has 2 aromatic rings. The number of halogens is 3. The Bertz CT molecular complexity index is 666.